The van der Waals surface area contributed by atoms with E-state index < -0.39 is 11.7 Å². The van der Waals surface area contributed by atoms with E-state index in [9.17, 15) is 9.59 Å². The van der Waals surface area contributed by atoms with Crippen molar-refractivity contribution in [3.63, 3.8) is 0 Å². The highest BCUT2D eigenvalue weighted by molar-refractivity contribution is 6.44. The van der Waals surface area contributed by atoms with E-state index in [4.69, 9.17) is 27.6 Å². The first kappa shape index (κ1) is 23.2. The Bertz CT molecular complexity index is 1130. The maximum atomic E-state index is 12.8. The van der Waals surface area contributed by atoms with Crippen LogP contribution in [0.2, 0.25) is 10.0 Å². The first-order valence-electron chi connectivity index (χ1n) is 9.55. The zero-order valence-corrected chi connectivity index (χ0v) is 18.8. The predicted octanol–water partition coefficient (Wildman–Crippen LogP) is -0.633. The third-order valence-corrected chi connectivity index (χ3v) is 5.98. The van der Waals surface area contributed by atoms with Crippen LogP contribution in [0.15, 0.2) is 27.4 Å². The van der Waals surface area contributed by atoms with Crippen molar-refractivity contribution in [2.75, 3.05) is 23.7 Å². The van der Waals surface area contributed by atoms with Crippen molar-refractivity contribution in [3.05, 3.63) is 50.2 Å². The van der Waals surface area contributed by atoms with Crippen molar-refractivity contribution in [2.45, 2.75) is 25.8 Å². The molecule has 0 spiro atoms. The molecule has 0 radical (unpaired) electrons. The number of nitrogens with two attached hydrogens (primary N) is 1. The molecule has 2 aromatic heterocycles. The molecule has 12 heteroatoms. The Hall–Kier alpha value is -2.46. The number of aryl methyl sites for hydroxylation is 1. The van der Waals surface area contributed by atoms with Gasteiger partial charge in [0.15, 0.2) is 0 Å². The van der Waals surface area contributed by atoms with Crippen LogP contribution in [0.3, 0.4) is 0 Å². The van der Waals surface area contributed by atoms with Crippen LogP contribution in [0.5, 0.6) is 0 Å². The Kier molecular flexibility index (Phi) is 7.32. The van der Waals surface area contributed by atoms with Crippen LogP contribution >= 0.6 is 23.2 Å². The molecule has 1 amide bonds. The number of carbonyl (C=O) groups is 1. The number of benzene rings is 1. The highest BCUT2D eigenvalue weighted by Gasteiger charge is 2.21. The molecule has 1 fully saturated rings. The molecule has 1 aliphatic rings. The Morgan fingerprint density at radius 2 is 1.97 bits per heavy atom. The Balaban J connectivity index is 0.00000272. The molecular weight excluding hydrogens is 467 g/mol. The number of anilines is 2. The van der Waals surface area contributed by atoms with E-state index in [0.29, 0.717) is 27.7 Å². The monoisotopic (exact) mass is 486 g/mol. The van der Waals surface area contributed by atoms with Crippen molar-refractivity contribution in [1.29, 1.82) is 0 Å². The topological polar surface area (TPSA) is 132 Å². The van der Waals surface area contributed by atoms with Gasteiger partial charge in [-0.25, -0.2) is 9.89 Å². The van der Waals surface area contributed by atoms with Crippen LogP contribution in [0.1, 0.15) is 29.0 Å². The Morgan fingerprint density at radius 1 is 1.23 bits per heavy atom. The number of rotatable bonds is 5. The third-order valence-electron chi connectivity index (χ3n) is 5.03. The maximum absolute atomic E-state index is 12.8. The van der Waals surface area contributed by atoms with Gasteiger partial charge in [-0.1, -0.05) is 23.2 Å². The van der Waals surface area contributed by atoms with E-state index in [1.807, 2.05) is 0 Å². The van der Waals surface area contributed by atoms with Gasteiger partial charge in [0.05, 0.1) is 34.5 Å². The quantitative estimate of drug-likeness (QED) is 0.327. The third kappa shape index (κ3) is 5.07. The van der Waals surface area contributed by atoms with E-state index in [1.165, 1.54) is 0 Å². The molecule has 1 saturated heterocycles. The van der Waals surface area contributed by atoms with Gasteiger partial charge in [-0.3, -0.25) is 4.79 Å². The van der Waals surface area contributed by atoms with Gasteiger partial charge in [-0.15, -0.1) is 5.10 Å². The highest BCUT2D eigenvalue weighted by Crippen LogP contribution is 2.32. The van der Waals surface area contributed by atoms with E-state index in [2.05, 4.69) is 31.1 Å². The van der Waals surface area contributed by atoms with Gasteiger partial charge in [-0.2, -0.15) is 0 Å². The fraction of sp³-hybridized carbons (Fsp3) is 0.316. The molecule has 3 aromatic rings. The number of quaternary nitrogens is 1. The van der Waals surface area contributed by atoms with Crippen molar-refractivity contribution in [2.24, 2.45) is 0 Å². The lowest BCUT2D eigenvalue weighted by molar-refractivity contribution is -0.662. The van der Waals surface area contributed by atoms with Crippen LogP contribution in [0.25, 0.3) is 11.5 Å². The van der Waals surface area contributed by atoms with Gasteiger partial charge in [0.1, 0.15) is 5.69 Å². The lowest BCUT2D eigenvalue weighted by Crippen LogP contribution is -3.00. The number of halogens is 3. The number of aromatic amines is 2. The van der Waals surface area contributed by atoms with E-state index in [-0.39, 0.29) is 35.1 Å². The predicted molar refractivity (Wildman–Crippen MR) is 114 cm³/mol. The number of H-pyrrole nitrogens is 2. The van der Waals surface area contributed by atoms with Crippen LogP contribution in [0, 0.1) is 6.92 Å². The van der Waals surface area contributed by atoms with Gasteiger partial charge in [-0.05, 0) is 25.1 Å². The zero-order valence-electron chi connectivity index (χ0n) is 16.5. The van der Waals surface area contributed by atoms with Gasteiger partial charge >= 0.3 is 5.76 Å². The van der Waals surface area contributed by atoms with Crippen molar-refractivity contribution in [1.82, 2.24) is 15.2 Å². The van der Waals surface area contributed by atoms with Crippen LogP contribution in [0.4, 0.5) is 11.4 Å². The minimum atomic E-state index is -0.631. The number of aromatic nitrogens is 3. The lowest BCUT2D eigenvalue weighted by Gasteiger charge is -2.24. The van der Waals surface area contributed by atoms with Crippen molar-refractivity contribution in [3.8, 4) is 11.5 Å². The van der Waals surface area contributed by atoms with E-state index >= 15 is 0 Å². The number of nitrogens with one attached hydrogen (secondary N) is 4. The average Bonchev–Trinajstić information content (AvgIpc) is 3.28. The minimum absolute atomic E-state index is 0. The van der Waals surface area contributed by atoms with Crippen LogP contribution in [-0.4, -0.2) is 40.2 Å². The molecule has 9 nitrogen and oxygen atoms in total. The zero-order chi connectivity index (χ0) is 21.3. The SMILES string of the molecule is Cc1[nH]c(C(=O)Nc2ccc(-c3n[nH]c(=O)o3)cc2NC2CC[NH2+]CC2)c(Cl)c1Cl.[Cl-]. The highest BCUT2D eigenvalue weighted by atomic mass is 35.5. The standard InChI is InChI=1S/C19H20Cl2N6O3.ClH/c1-9-14(20)15(21)16(23-9)17(28)25-12-3-2-10(18-26-27-19(29)30-18)8-13(12)24-11-4-6-22-7-5-11;/h2-3,8,11,22-24H,4-7H2,1H3,(H,25,28)(H,27,29);1H. The van der Waals surface area contributed by atoms with Crippen LogP contribution < -0.4 is 34.1 Å². The van der Waals surface area contributed by atoms with Gasteiger partial charge in [0, 0.05) is 30.1 Å². The largest absolute Gasteiger partial charge is 1.00 e. The first-order chi connectivity index (χ1) is 14.4. The summed E-state index contributed by atoms with van der Waals surface area (Å²) in [7, 11) is 0. The molecular formula is C19H21Cl3N6O3. The fourth-order valence-electron chi connectivity index (χ4n) is 3.46. The van der Waals surface area contributed by atoms with E-state index in [0.717, 1.165) is 25.9 Å². The summed E-state index contributed by atoms with van der Waals surface area (Å²) in [6, 6.07) is 5.49. The molecule has 0 aliphatic carbocycles. The Morgan fingerprint density at radius 3 is 2.58 bits per heavy atom. The van der Waals surface area contributed by atoms with Gasteiger partial charge in [0.25, 0.3) is 5.91 Å². The number of amides is 1. The average molecular weight is 488 g/mol. The molecule has 6 N–H and O–H groups in total. The van der Waals surface area contributed by atoms with Crippen LogP contribution in [-0.2, 0) is 0 Å². The number of nitrogens with zero attached hydrogens (tertiary/aromatic N) is 1. The molecule has 4 rings (SSSR count). The smallest absolute Gasteiger partial charge is 0.434 e. The second kappa shape index (κ2) is 9.78. The number of hydrogen-bond donors (Lipinski definition) is 5. The molecule has 31 heavy (non-hydrogen) atoms. The van der Waals surface area contributed by atoms with E-state index in [1.54, 1.807) is 25.1 Å². The summed E-state index contributed by atoms with van der Waals surface area (Å²) in [5.74, 6) is -0.866. The summed E-state index contributed by atoms with van der Waals surface area (Å²) in [6.07, 6.45) is 1.98. The number of piperidine rings is 1. The van der Waals surface area contributed by atoms with Crippen molar-refractivity contribution < 1.29 is 26.9 Å². The lowest BCUT2D eigenvalue weighted by atomic mass is 10.1. The Labute approximate surface area is 193 Å². The number of carbonyl (C=O) groups excluding carboxylic acids is 1. The molecule has 0 saturated carbocycles. The minimum Gasteiger partial charge on any atom is -1.00 e. The number of hydrogen-bond acceptors (Lipinski definition) is 5. The van der Waals surface area contributed by atoms with Gasteiger partial charge in [0.2, 0.25) is 5.89 Å². The molecule has 3 heterocycles. The normalized spacial score (nSPS) is 14.2. The molecule has 166 valence electrons. The summed E-state index contributed by atoms with van der Waals surface area (Å²) in [4.78, 5) is 27.0. The molecule has 1 aliphatic heterocycles. The van der Waals surface area contributed by atoms with Gasteiger partial charge < -0.3 is 37.8 Å². The summed E-state index contributed by atoms with van der Waals surface area (Å²) in [6.45, 7) is 3.80. The summed E-state index contributed by atoms with van der Waals surface area (Å²) < 4.78 is 5.06. The molecule has 1 aromatic carbocycles. The second-order valence-corrected chi connectivity index (χ2v) is 7.93. The molecule has 0 bridgehead atoms. The summed E-state index contributed by atoms with van der Waals surface area (Å²) in [5, 5.41) is 15.3. The first-order valence-corrected chi connectivity index (χ1v) is 10.3. The van der Waals surface area contributed by atoms with Crippen molar-refractivity contribution >= 4 is 40.5 Å². The fourth-order valence-corrected chi connectivity index (χ4v) is 3.88. The molecule has 0 atom stereocenters. The maximum Gasteiger partial charge on any atom is 0.434 e. The molecule has 0 unspecified atom stereocenters. The summed E-state index contributed by atoms with van der Waals surface area (Å²) in [5.41, 5.74) is 2.68. The summed E-state index contributed by atoms with van der Waals surface area (Å²) >= 11 is 12.3. The second-order valence-electron chi connectivity index (χ2n) is 7.17.